The van der Waals surface area contributed by atoms with Gasteiger partial charge in [0.05, 0.1) is 17.9 Å². The van der Waals surface area contributed by atoms with E-state index in [0.29, 0.717) is 17.5 Å². The van der Waals surface area contributed by atoms with Gasteiger partial charge in [-0.05, 0) is 49.2 Å². The highest BCUT2D eigenvalue weighted by Gasteiger charge is 2.21. The van der Waals surface area contributed by atoms with Gasteiger partial charge in [-0.2, -0.15) is 4.98 Å². The summed E-state index contributed by atoms with van der Waals surface area (Å²) in [5.74, 6) is 2.23. The molecule has 0 radical (unpaired) electrons. The van der Waals surface area contributed by atoms with E-state index < -0.39 is 0 Å². The van der Waals surface area contributed by atoms with Crippen LogP contribution in [0.4, 0.5) is 11.8 Å². The number of halogens is 1. The number of hydrogen-bond donors (Lipinski definition) is 2. The highest BCUT2D eigenvalue weighted by Crippen LogP contribution is 2.32. The third-order valence-electron chi connectivity index (χ3n) is 6.21. The molecule has 0 unspecified atom stereocenters. The minimum absolute atomic E-state index is 0.0728. The number of aliphatic hydroxyl groups is 1. The van der Waals surface area contributed by atoms with Crippen molar-refractivity contribution in [2.75, 3.05) is 43.1 Å². The van der Waals surface area contributed by atoms with Gasteiger partial charge in [0.25, 0.3) is 0 Å². The molecule has 0 amide bonds. The Balaban J connectivity index is 1.54. The molecule has 1 fully saturated rings. The minimum Gasteiger partial charge on any atom is -0.381 e. The Bertz CT molecular complexity index is 1300. The molecule has 0 aliphatic carbocycles. The van der Waals surface area contributed by atoms with Gasteiger partial charge in [-0.25, -0.2) is 4.98 Å². The zero-order chi connectivity index (χ0) is 23.7. The van der Waals surface area contributed by atoms with Crippen LogP contribution in [0.2, 0.25) is 5.02 Å². The molecule has 5 rings (SSSR count). The SMILES string of the molecule is Cc1noc(C)c1-c1ccc2nc(N3CCN(CO)CC3)nc(NCc3cccc(Cl)c3)c2c1. The number of aromatic nitrogens is 3. The molecular weight excluding hydrogens is 452 g/mol. The molecule has 8 nitrogen and oxygen atoms in total. The Labute approximate surface area is 203 Å². The normalized spacial score (nSPS) is 14.6. The molecule has 2 aromatic heterocycles. The van der Waals surface area contributed by atoms with Crippen molar-refractivity contribution in [3.05, 3.63) is 64.5 Å². The predicted octanol–water partition coefficient (Wildman–Crippen LogP) is 4.24. The van der Waals surface area contributed by atoms with Crippen LogP contribution in [0, 0.1) is 13.8 Å². The second-order valence-corrected chi connectivity index (χ2v) is 8.97. The van der Waals surface area contributed by atoms with Crippen LogP contribution in [0.3, 0.4) is 0 Å². The number of nitrogens with one attached hydrogen (secondary N) is 1. The van der Waals surface area contributed by atoms with Crippen molar-refractivity contribution in [2.24, 2.45) is 0 Å². The summed E-state index contributed by atoms with van der Waals surface area (Å²) in [6, 6.07) is 14.0. The fraction of sp³-hybridized carbons (Fsp3) is 0.320. The maximum Gasteiger partial charge on any atom is 0.227 e. The number of aryl methyl sites for hydroxylation is 2. The number of hydrogen-bond acceptors (Lipinski definition) is 8. The van der Waals surface area contributed by atoms with Crippen LogP contribution in [-0.4, -0.2) is 58.0 Å². The number of fused-ring (bicyclic) bond motifs is 1. The lowest BCUT2D eigenvalue weighted by Crippen LogP contribution is -2.47. The van der Waals surface area contributed by atoms with E-state index in [1.807, 2.05) is 49.1 Å². The Morgan fingerprint density at radius 3 is 2.59 bits per heavy atom. The van der Waals surface area contributed by atoms with E-state index in [0.717, 1.165) is 71.0 Å². The van der Waals surface area contributed by atoms with Crippen LogP contribution >= 0.6 is 11.6 Å². The summed E-state index contributed by atoms with van der Waals surface area (Å²) in [5, 5.41) is 18.7. The number of piperazine rings is 1. The number of benzene rings is 2. The monoisotopic (exact) mass is 478 g/mol. The molecule has 0 saturated carbocycles. The first-order valence-corrected chi connectivity index (χ1v) is 11.7. The molecule has 0 atom stereocenters. The molecule has 9 heteroatoms. The molecule has 4 aromatic rings. The van der Waals surface area contributed by atoms with E-state index in [-0.39, 0.29) is 6.73 Å². The first-order chi connectivity index (χ1) is 16.5. The molecule has 0 spiro atoms. The summed E-state index contributed by atoms with van der Waals surface area (Å²) in [5.41, 5.74) is 4.79. The Morgan fingerprint density at radius 1 is 1.06 bits per heavy atom. The van der Waals surface area contributed by atoms with Crippen LogP contribution in [0.5, 0.6) is 0 Å². The van der Waals surface area contributed by atoms with Gasteiger partial charge in [-0.3, -0.25) is 4.90 Å². The topological polar surface area (TPSA) is 90.6 Å². The lowest BCUT2D eigenvalue weighted by atomic mass is 10.0. The fourth-order valence-corrected chi connectivity index (χ4v) is 4.58. The fourth-order valence-electron chi connectivity index (χ4n) is 4.36. The lowest BCUT2D eigenvalue weighted by molar-refractivity contribution is 0.102. The zero-order valence-electron chi connectivity index (χ0n) is 19.3. The maximum atomic E-state index is 9.42. The van der Waals surface area contributed by atoms with E-state index in [4.69, 9.17) is 26.1 Å². The van der Waals surface area contributed by atoms with E-state index in [1.54, 1.807) is 0 Å². The Kier molecular flexibility index (Phi) is 6.36. The van der Waals surface area contributed by atoms with Crippen LogP contribution in [0.1, 0.15) is 17.0 Å². The standard InChI is InChI=1S/C25H27ClN6O2/c1-16-23(17(2)34-30-16)19-6-7-22-21(13-19)24(27-14-18-4-3-5-20(26)12-18)29-25(28-22)32-10-8-31(15-33)9-11-32/h3-7,12-13,33H,8-11,14-15H2,1-2H3,(H,27,28,29). The van der Waals surface area contributed by atoms with Crippen molar-refractivity contribution in [3.8, 4) is 11.1 Å². The highest BCUT2D eigenvalue weighted by atomic mass is 35.5. The molecule has 34 heavy (non-hydrogen) atoms. The quantitative estimate of drug-likeness (QED) is 0.425. The van der Waals surface area contributed by atoms with Crippen molar-refractivity contribution in [2.45, 2.75) is 20.4 Å². The van der Waals surface area contributed by atoms with E-state index in [1.165, 1.54) is 0 Å². The van der Waals surface area contributed by atoms with Crippen molar-refractivity contribution >= 4 is 34.3 Å². The molecule has 3 heterocycles. The third-order valence-corrected chi connectivity index (χ3v) is 6.45. The molecule has 2 N–H and O–H groups in total. The van der Waals surface area contributed by atoms with E-state index in [9.17, 15) is 5.11 Å². The third kappa shape index (κ3) is 4.57. The van der Waals surface area contributed by atoms with Gasteiger partial charge in [0.15, 0.2) is 0 Å². The van der Waals surface area contributed by atoms with Crippen LogP contribution in [-0.2, 0) is 6.54 Å². The number of rotatable bonds is 6. The second kappa shape index (κ2) is 9.58. The van der Waals surface area contributed by atoms with E-state index in [2.05, 4.69) is 27.5 Å². The molecule has 2 aromatic carbocycles. The Morgan fingerprint density at radius 2 is 1.88 bits per heavy atom. The molecule has 1 aliphatic rings. The van der Waals surface area contributed by atoms with Gasteiger partial charge in [0.2, 0.25) is 5.95 Å². The maximum absolute atomic E-state index is 9.42. The zero-order valence-corrected chi connectivity index (χ0v) is 20.0. The van der Waals surface area contributed by atoms with Crippen molar-refractivity contribution in [3.63, 3.8) is 0 Å². The summed E-state index contributed by atoms with van der Waals surface area (Å²) in [7, 11) is 0. The molecule has 1 saturated heterocycles. The minimum atomic E-state index is 0.0728. The first-order valence-electron chi connectivity index (χ1n) is 11.3. The van der Waals surface area contributed by atoms with Gasteiger partial charge in [0, 0.05) is 48.7 Å². The van der Waals surface area contributed by atoms with Crippen molar-refractivity contribution in [1.82, 2.24) is 20.0 Å². The molecular formula is C25H27ClN6O2. The Hall–Kier alpha value is -3.20. The molecule has 1 aliphatic heterocycles. The molecule has 0 bridgehead atoms. The van der Waals surface area contributed by atoms with Gasteiger partial charge in [0.1, 0.15) is 11.6 Å². The molecule has 176 valence electrons. The smallest absolute Gasteiger partial charge is 0.227 e. The largest absolute Gasteiger partial charge is 0.381 e. The summed E-state index contributed by atoms with van der Waals surface area (Å²) >= 11 is 6.18. The lowest BCUT2D eigenvalue weighted by Gasteiger charge is -2.33. The van der Waals surface area contributed by atoms with Crippen molar-refractivity contribution < 1.29 is 9.63 Å². The average Bonchev–Trinajstić information content (AvgIpc) is 3.20. The number of aliphatic hydroxyl groups excluding tert-OH is 1. The van der Waals surface area contributed by atoms with Crippen LogP contribution < -0.4 is 10.2 Å². The van der Waals surface area contributed by atoms with Crippen molar-refractivity contribution in [1.29, 1.82) is 0 Å². The summed E-state index contributed by atoms with van der Waals surface area (Å²) in [6.07, 6.45) is 0. The van der Waals surface area contributed by atoms with Gasteiger partial charge >= 0.3 is 0 Å². The summed E-state index contributed by atoms with van der Waals surface area (Å²) in [6.45, 7) is 7.59. The first kappa shape index (κ1) is 22.6. The highest BCUT2D eigenvalue weighted by molar-refractivity contribution is 6.30. The van der Waals surface area contributed by atoms with Gasteiger partial charge < -0.3 is 19.8 Å². The van der Waals surface area contributed by atoms with Crippen LogP contribution in [0.25, 0.3) is 22.0 Å². The van der Waals surface area contributed by atoms with E-state index >= 15 is 0 Å². The second-order valence-electron chi connectivity index (χ2n) is 8.53. The van der Waals surface area contributed by atoms with Gasteiger partial charge in [-0.1, -0.05) is 35.0 Å². The number of nitrogens with zero attached hydrogens (tertiary/aromatic N) is 5. The summed E-state index contributed by atoms with van der Waals surface area (Å²) < 4.78 is 5.39. The van der Waals surface area contributed by atoms with Crippen LogP contribution in [0.15, 0.2) is 47.0 Å². The predicted molar refractivity (Wildman–Crippen MR) is 134 cm³/mol. The van der Waals surface area contributed by atoms with Gasteiger partial charge in [-0.15, -0.1) is 0 Å². The average molecular weight is 479 g/mol. The summed E-state index contributed by atoms with van der Waals surface area (Å²) in [4.78, 5) is 14.0. The number of anilines is 2.